The van der Waals surface area contributed by atoms with Gasteiger partial charge in [-0.25, -0.2) is 0 Å². The van der Waals surface area contributed by atoms with Crippen molar-refractivity contribution in [3.05, 3.63) is 47.3 Å². The monoisotopic (exact) mass is 346 g/mol. The van der Waals surface area contributed by atoms with Gasteiger partial charge < -0.3 is 19.7 Å². The number of ether oxygens (including phenoxy) is 1. The number of nitrogens with one attached hydrogen (secondary N) is 1. The van der Waals surface area contributed by atoms with E-state index >= 15 is 0 Å². The maximum Gasteiger partial charge on any atom is 0.306 e. The van der Waals surface area contributed by atoms with Crippen LogP contribution >= 0.6 is 0 Å². The molecule has 0 spiro atoms. The molecule has 0 aliphatic rings. The SMILES string of the molecule is COc1cccc(C(C)(CC(=O)O)NC(=O)c2cc(C(C)C)on2)c1. The van der Waals surface area contributed by atoms with Gasteiger partial charge >= 0.3 is 5.97 Å². The van der Waals surface area contributed by atoms with Crippen LogP contribution in [0.2, 0.25) is 0 Å². The van der Waals surface area contributed by atoms with Gasteiger partial charge in [-0.2, -0.15) is 0 Å². The van der Waals surface area contributed by atoms with Crippen molar-refractivity contribution < 1.29 is 24.0 Å². The summed E-state index contributed by atoms with van der Waals surface area (Å²) in [6.07, 6.45) is -0.291. The van der Waals surface area contributed by atoms with Crippen molar-refractivity contribution in [1.82, 2.24) is 10.5 Å². The third-order valence-corrected chi connectivity index (χ3v) is 3.93. The van der Waals surface area contributed by atoms with Crippen molar-refractivity contribution >= 4 is 11.9 Å². The largest absolute Gasteiger partial charge is 0.497 e. The first-order valence-corrected chi connectivity index (χ1v) is 7.90. The fourth-order valence-corrected chi connectivity index (χ4v) is 2.47. The van der Waals surface area contributed by atoms with E-state index in [0.717, 1.165) is 0 Å². The second kappa shape index (κ2) is 7.38. The third kappa shape index (κ3) is 4.37. The molecule has 7 heteroatoms. The van der Waals surface area contributed by atoms with Gasteiger partial charge in [-0.3, -0.25) is 9.59 Å². The van der Waals surface area contributed by atoms with Crippen LogP contribution in [0.3, 0.4) is 0 Å². The van der Waals surface area contributed by atoms with E-state index in [1.165, 1.54) is 7.11 Å². The van der Waals surface area contributed by atoms with Gasteiger partial charge in [0.1, 0.15) is 11.5 Å². The second-order valence-electron chi connectivity index (χ2n) is 6.36. The average molecular weight is 346 g/mol. The fraction of sp³-hybridized carbons (Fsp3) is 0.389. The van der Waals surface area contributed by atoms with Crippen molar-refractivity contribution in [3.8, 4) is 5.75 Å². The molecule has 0 fully saturated rings. The van der Waals surface area contributed by atoms with Gasteiger partial charge in [0.2, 0.25) is 0 Å². The first kappa shape index (κ1) is 18.5. The van der Waals surface area contributed by atoms with Crippen LogP contribution in [0.25, 0.3) is 0 Å². The number of nitrogens with zero attached hydrogens (tertiary/aromatic N) is 1. The Bertz CT molecular complexity index is 768. The predicted molar refractivity (Wildman–Crippen MR) is 90.7 cm³/mol. The minimum atomic E-state index is -1.13. The zero-order valence-electron chi connectivity index (χ0n) is 14.7. The standard InChI is InChI=1S/C18H22N2O5/c1-11(2)15-9-14(20-25-15)17(23)19-18(3,10-16(21)22)12-6-5-7-13(8-12)24-4/h5-9,11H,10H2,1-4H3,(H,19,23)(H,21,22). The Kier molecular flexibility index (Phi) is 5.46. The van der Waals surface area contributed by atoms with Crippen molar-refractivity contribution in [2.45, 2.75) is 38.6 Å². The molecule has 0 radical (unpaired) electrons. The van der Waals surface area contributed by atoms with Crippen LogP contribution in [0, 0.1) is 0 Å². The average Bonchev–Trinajstić information content (AvgIpc) is 3.04. The fourth-order valence-electron chi connectivity index (χ4n) is 2.47. The van der Waals surface area contributed by atoms with Crippen LogP contribution in [-0.4, -0.2) is 29.2 Å². The zero-order chi connectivity index (χ0) is 18.6. The molecule has 1 unspecified atom stereocenters. The number of hydrogen-bond donors (Lipinski definition) is 2. The normalized spacial score (nSPS) is 13.3. The molecule has 0 aliphatic heterocycles. The molecule has 0 aliphatic carbocycles. The highest BCUT2D eigenvalue weighted by atomic mass is 16.5. The van der Waals surface area contributed by atoms with Crippen LogP contribution in [0.4, 0.5) is 0 Å². The van der Waals surface area contributed by atoms with Gasteiger partial charge in [0.25, 0.3) is 5.91 Å². The molecule has 0 saturated heterocycles. The van der Waals surface area contributed by atoms with Crippen LogP contribution in [0.1, 0.15) is 54.9 Å². The summed E-state index contributed by atoms with van der Waals surface area (Å²) in [5.74, 6) is -0.271. The molecule has 25 heavy (non-hydrogen) atoms. The molecule has 0 saturated carbocycles. The lowest BCUT2D eigenvalue weighted by molar-refractivity contribution is -0.138. The Labute approximate surface area is 146 Å². The molecular formula is C18H22N2O5. The third-order valence-electron chi connectivity index (χ3n) is 3.93. The molecule has 0 bridgehead atoms. The van der Waals surface area contributed by atoms with Gasteiger partial charge in [-0.15, -0.1) is 0 Å². The Hall–Kier alpha value is -2.83. The van der Waals surface area contributed by atoms with Crippen LogP contribution < -0.4 is 10.1 Å². The predicted octanol–water partition coefficient (Wildman–Crippen LogP) is 2.93. The van der Waals surface area contributed by atoms with Crippen molar-refractivity contribution in [2.24, 2.45) is 0 Å². The highest BCUT2D eigenvalue weighted by Crippen LogP contribution is 2.28. The highest BCUT2D eigenvalue weighted by molar-refractivity contribution is 5.93. The van der Waals surface area contributed by atoms with E-state index in [2.05, 4.69) is 10.5 Å². The number of rotatable bonds is 7. The van der Waals surface area contributed by atoms with E-state index in [9.17, 15) is 14.7 Å². The lowest BCUT2D eigenvalue weighted by Gasteiger charge is -2.29. The summed E-state index contributed by atoms with van der Waals surface area (Å²) in [7, 11) is 1.52. The Balaban J connectivity index is 2.32. The lowest BCUT2D eigenvalue weighted by atomic mass is 9.88. The summed E-state index contributed by atoms with van der Waals surface area (Å²) in [6.45, 7) is 5.50. The summed E-state index contributed by atoms with van der Waals surface area (Å²) in [4.78, 5) is 23.9. The highest BCUT2D eigenvalue weighted by Gasteiger charge is 2.33. The summed E-state index contributed by atoms with van der Waals surface area (Å²) in [5.41, 5.74) is -0.396. The number of carboxylic acid groups (broad SMARTS) is 1. The number of benzene rings is 1. The molecule has 1 aromatic carbocycles. The maximum absolute atomic E-state index is 12.5. The minimum absolute atomic E-state index is 0.0952. The molecule has 7 nitrogen and oxygen atoms in total. The number of amides is 1. The first-order valence-electron chi connectivity index (χ1n) is 7.90. The number of aliphatic carboxylic acids is 1. The smallest absolute Gasteiger partial charge is 0.306 e. The van der Waals surface area contributed by atoms with E-state index in [4.69, 9.17) is 9.26 Å². The maximum atomic E-state index is 12.5. The Morgan fingerprint density at radius 1 is 1.36 bits per heavy atom. The molecule has 2 N–H and O–H groups in total. The van der Waals surface area contributed by atoms with E-state index in [0.29, 0.717) is 17.1 Å². The van der Waals surface area contributed by atoms with Crippen LogP contribution in [-0.2, 0) is 10.3 Å². The lowest BCUT2D eigenvalue weighted by Crippen LogP contribution is -2.45. The quantitative estimate of drug-likeness (QED) is 0.799. The molecule has 1 amide bonds. The summed E-state index contributed by atoms with van der Waals surface area (Å²) < 4.78 is 10.3. The van der Waals surface area contributed by atoms with Crippen molar-refractivity contribution in [3.63, 3.8) is 0 Å². The number of carboxylic acids is 1. The Morgan fingerprint density at radius 2 is 2.08 bits per heavy atom. The van der Waals surface area contributed by atoms with E-state index in [-0.39, 0.29) is 18.0 Å². The van der Waals surface area contributed by atoms with Gasteiger partial charge in [0.15, 0.2) is 5.69 Å². The summed E-state index contributed by atoms with van der Waals surface area (Å²) in [6, 6.07) is 8.50. The van der Waals surface area contributed by atoms with Gasteiger partial charge in [-0.05, 0) is 24.6 Å². The topological polar surface area (TPSA) is 102 Å². The van der Waals surface area contributed by atoms with Crippen molar-refractivity contribution in [2.75, 3.05) is 7.11 Å². The van der Waals surface area contributed by atoms with Gasteiger partial charge in [0, 0.05) is 12.0 Å². The molecule has 1 heterocycles. The summed E-state index contributed by atoms with van der Waals surface area (Å²) in [5, 5.41) is 15.8. The number of hydrogen-bond acceptors (Lipinski definition) is 5. The molecule has 2 aromatic rings. The molecule has 1 aromatic heterocycles. The Morgan fingerprint density at radius 3 is 2.64 bits per heavy atom. The van der Waals surface area contributed by atoms with Gasteiger partial charge in [-0.1, -0.05) is 31.1 Å². The minimum Gasteiger partial charge on any atom is -0.497 e. The van der Waals surface area contributed by atoms with E-state index in [1.54, 1.807) is 37.3 Å². The number of carbonyl (C=O) groups is 2. The molecular weight excluding hydrogens is 324 g/mol. The zero-order valence-corrected chi connectivity index (χ0v) is 14.7. The molecule has 134 valence electrons. The van der Waals surface area contributed by atoms with Crippen LogP contribution in [0.5, 0.6) is 5.75 Å². The van der Waals surface area contributed by atoms with Crippen molar-refractivity contribution in [1.29, 1.82) is 0 Å². The van der Waals surface area contributed by atoms with Crippen LogP contribution in [0.15, 0.2) is 34.9 Å². The first-order chi connectivity index (χ1) is 11.7. The molecule has 2 rings (SSSR count). The van der Waals surface area contributed by atoms with E-state index < -0.39 is 17.4 Å². The number of aromatic nitrogens is 1. The number of carbonyl (C=O) groups excluding carboxylic acids is 1. The summed E-state index contributed by atoms with van der Waals surface area (Å²) >= 11 is 0. The second-order valence-corrected chi connectivity index (χ2v) is 6.36. The van der Waals surface area contributed by atoms with Gasteiger partial charge in [0.05, 0.1) is 19.1 Å². The van der Waals surface area contributed by atoms with E-state index in [1.807, 2.05) is 13.8 Å². The molecule has 1 atom stereocenters. The number of methoxy groups -OCH3 is 1.